The van der Waals surface area contributed by atoms with Gasteiger partial charge in [0.25, 0.3) is 5.78 Å². The minimum Gasteiger partial charge on any atom is -0.368 e. The predicted octanol–water partition coefficient (Wildman–Crippen LogP) is 2.01. The van der Waals surface area contributed by atoms with E-state index in [1.807, 2.05) is 19.1 Å². The molecule has 3 aromatic heterocycles. The van der Waals surface area contributed by atoms with Gasteiger partial charge in [-0.25, -0.2) is 9.97 Å². The molecule has 2 N–H and O–H groups in total. The van der Waals surface area contributed by atoms with Gasteiger partial charge in [0.05, 0.1) is 5.02 Å². The number of nitrogens with one attached hydrogen (secondary N) is 2. The summed E-state index contributed by atoms with van der Waals surface area (Å²) in [5.41, 5.74) is 0.894. The molecule has 0 radical (unpaired) electrons. The molecule has 0 bridgehead atoms. The normalized spacial score (nSPS) is 10.8. The van der Waals surface area contributed by atoms with Crippen LogP contribution in [0.3, 0.4) is 0 Å². The van der Waals surface area contributed by atoms with Gasteiger partial charge < -0.3 is 10.6 Å². The summed E-state index contributed by atoms with van der Waals surface area (Å²) in [6.07, 6.45) is 3.10. The molecule has 108 valence electrons. The molecule has 0 aliphatic rings. The quantitative estimate of drug-likeness (QED) is 0.702. The molecule has 0 saturated carbocycles. The van der Waals surface area contributed by atoms with Crippen molar-refractivity contribution in [3.05, 3.63) is 41.4 Å². The van der Waals surface area contributed by atoms with Crippen molar-refractivity contribution in [1.82, 2.24) is 24.6 Å². The number of aryl methyl sites for hydroxylation is 1. The molecule has 8 heteroatoms. The minimum absolute atomic E-state index is 0.588. The fourth-order valence-electron chi connectivity index (χ4n) is 1.92. The minimum atomic E-state index is 0.588. The van der Waals surface area contributed by atoms with E-state index in [4.69, 9.17) is 11.6 Å². The SMILES string of the molecule is Cc1cc(NCCNc2ccc(Cl)cn2)n2ncnc2n1. The van der Waals surface area contributed by atoms with Crippen LogP contribution in [0.4, 0.5) is 11.6 Å². The maximum Gasteiger partial charge on any atom is 0.254 e. The summed E-state index contributed by atoms with van der Waals surface area (Å²) in [5.74, 6) is 2.24. The molecule has 0 unspecified atom stereocenters. The molecule has 0 amide bonds. The van der Waals surface area contributed by atoms with Crippen molar-refractivity contribution >= 4 is 29.0 Å². The monoisotopic (exact) mass is 303 g/mol. The molecule has 0 aliphatic heterocycles. The van der Waals surface area contributed by atoms with Crippen molar-refractivity contribution in [1.29, 1.82) is 0 Å². The molecule has 0 saturated heterocycles. The van der Waals surface area contributed by atoms with Crippen molar-refractivity contribution in [2.45, 2.75) is 6.92 Å². The van der Waals surface area contributed by atoms with Crippen LogP contribution in [0.2, 0.25) is 5.02 Å². The van der Waals surface area contributed by atoms with Crippen LogP contribution in [-0.2, 0) is 0 Å². The predicted molar refractivity (Wildman–Crippen MR) is 81.7 cm³/mol. The highest BCUT2D eigenvalue weighted by Gasteiger charge is 2.04. The van der Waals surface area contributed by atoms with Gasteiger partial charge in [0, 0.05) is 31.0 Å². The second kappa shape index (κ2) is 5.92. The first-order chi connectivity index (χ1) is 10.2. The van der Waals surface area contributed by atoms with Gasteiger partial charge in [-0.1, -0.05) is 11.6 Å². The number of nitrogens with zero attached hydrogens (tertiary/aromatic N) is 5. The third-order valence-corrected chi connectivity index (χ3v) is 3.07. The van der Waals surface area contributed by atoms with Gasteiger partial charge in [0.1, 0.15) is 18.0 Å². The zero-order valence-electron chi connectivity index (χ0n) is 11.4. The van der Waals surface area contributed by atoms with Crippen molar-refractivity contribution < 1.29 is 0 Å². The molecule has 7 nitrogen and oxygen atoms in total. The number of anilines is 2. The topological polar surface area (TPSA) is 80.0 Å². The average Bonchev–Trinajstić information content (AvgIpc) is 2.93. The molecule has 3 aromatic rings. The molecule has 21 heavy (non-hydrogen) atoms. The Hall–Kier alpha value is -2.41. The largest absolute Gasteiger partial charge is 0.368 e. The molecule has 0 aromatic carbocycles. The number of rotatable bonds is 5. The average molecular weight is 304 g/mol. The molecule has 3 rings (SSSR count). The number of fused-ring (bicyclic) bond motifs is 1. The smallest absolute Gasteiger partial charge is 0.254 e. The first-order valence-corrected chi connectivity index (χ1v) is 6.87. The second-order valence-electron chi connectivity index (χ2n) is 4.47. The van der Waals surface area contributed by atoms with Crippen LogP contribution >= 0.6 is 11.6 Å². The maximum atomic E-state index is 5.79. The zero-order valence-corrected chi connectivity index (χ0v) is 12.2. The Kier molecular flexibility index (Phi) is 3.83. The van der Waals surface area contributed by atoms with Gasteiger partial charge in [-0.05, 0) is 19.1 Å². The molecule has 0 atom stereocenters. The highest BCUT2D eigenvalue weighted by atomic mass is 35.5. The van der Waals surface area contributed by atoms with E-state index in [2.05, 4.69) is 30.7 Å². The van der Waals surface area contributed by atoms with E-state index < -0.39 is 0 Å². The third-order valence-electron chi connectivity index (χ3n) is 2.84. The second-order valence-corrected chi connectivity index (χ2v) is 4.91. The van der Waals surface area contributed by atoms with Gasteiger partial charge >= 0.3 is 0 Å². The summed E-state index contributed by atoms with van der Waals surface area (Å²) in [6, 6.07) is 5.58. The highest BCUT2D eigenvalue weighted by Crippen LogP contribution is 2.10. The number of pyridine rings is 1. The Balaban J connectivity index is 1.59. The van der Waals surface area contributed by atoms with Crippen LogP contribution in [0.1, 0.15) is 5.69 Å². The van der Waals surface area contributed by atoms with E-state index in [-0.39, 0.29) is 0 Å². The van der Waals surface area contributed by atoms with E-state index in [1.54, 1.807) is 16.8 Å². The van der Waals surface area contributed by atoms with Crippen molar-refractivity contribution in [3.8, 4) is 0 Å². The molecular weight excluding hydrogens is 290 g/mol. The lowest BCUT2D eigenvalue weighted by Crippen LogP contribution is -2.16. The summed E-state index contributed by atoms with van der Waals surface area (Å²) in [6.45, 7) is 3.35. The lowest BCUT2D eigenvalue weighted by molar-refractivity contribution is 0.914. The summed E-state index contributed by atoms with van der Waals surface area (Å²) in [5, 5.41) is 11.3. The van der Waals surface area contributed by atoms with E-state index in [9.17, 15) is 0 Å². The van der Waals surface area contributed by atoms with Gasteiger partial charge in [-0.15, -0.1) is 0 Å². The molecular formula is C13H14ClN7. The highest BCUT2D eigenvalue weighted by molar-refractivity contribution is 6.30. The van der Waals surface area contributed by atoms with Gasteiger partial charge in [-0.2, -0.15) is 14.6 Å². The van der Waals surface area contributed by atoms with E-state index >= 15 is 0 Å². The lowest BCUT2D eigenvalue weighted by Gasteiger charge is -2.09. The molecule has 0 fully saturated rings. The number of aromatic nitrogens is 5. The lowest BCUT2D eigenvalue weighted by atomic mass is 10.4. The Bertz CT molecular complexity index is 738. The Labute approximate surface area is 126 Å². The van der Waals surface area contributed by atoms with E-state index in [1.165, 1.54) is 6.33 Å². The van der Waals surface area contributed by atoms with Crippen LogP contribution in [0.5, 0.6) is 0 Å². The van der Waals surface area contributed by atoms with Crippen LogP contribution in [0.15, 0.2) is 30.7 Å². The standard InChI is InChI=1S/C13H14ClN7/c1-9-6-12(21-13(20-9)18-8-19-21)16-5-4-15-11-3-2-10(14)7-17-11/h2-3,6-8,16H,4-5H2,1H3,(H,15,17). The zero-order chi connectivity index (χ0) is 14.7. The summed E-state index contributed by atoms with van der Waals surface area (Å²) in [4.78, 5) is 12.5. The van der Waals surface area contributed by atoms with Crippen LogP contribution in [-0.4, -0.2) is 37.7 Å². The third kappa shape index (κ3) is 3.19. The Morgan fingerprint density at radius 2 is 2.05 bits per heavy atom. The summed E-state index contributed by atoms with van der Waals surface area (Å²) in [7, 11) is 0. The van der Waals surface area contributed by atoms with Crippen molar-refractivity contribution in [3.63, 3.8) is 0 Å². The summed E-state index contributed by atoms with van der Waals surface area (Å²) >= 11 is 5.79. The van der Waals surface area contributed by atoms with Gasteiger partial charge in [-0.3, -0.25) is 0 Å². The van der Waals surface area contributed by atoms with E-state index in [0.717, 1.165) is 17.3 Å². The number of hydrogen-bond acceptors (Lipinski definition) is 6. The van der Waals surface area contributed by atoms with Crippen molar-refractivity contribution in [2.24, 2.45) is 0 Å². The molecule has 0 spiro atoms. The Morgan fingerprint density at radius 1 is 1.19 bits per heavy atom. The fraction of sp³-hybridized carbons (Fsp3) is 0.231. The molecule has 0 aliphatic carbocycles. The maximum absolute atomic E-state index is 5.79. The Morgan fingerprint density at radius 3 is 2.86 bits per heavy atom. The molecule has 3 heterocycles. The fourth-order valence-corrected chi connectivity index (χ4v) is 2.03. The van der Waals surface area contributed by atoms with Crippen LogP contribution in [0, 0.1) is 6.92 Å². The van der Waals surface area contributed by atoms with Crippen molar-refractivity contribution in [2.75, 3.05) is 23.7 Å². The van der Waals surface area contributed by atoms with Crippen LogP contribution in [0.25, 0.3) is 5.78 Å². The van der Waals surface area contributed by atoms with Crippen LogP contribution < -0.4 is 10.6 Å². The van der Waals surface area contributed by atoms with Gasteiger partial charge in [0.15, 0.2) is 0 Å². The first kappa shape index (κ1) is 13.6. The van der Waals surface area contributed by atoms with E-state index in [0.29, 0.717) is 23.9 Å². The van der Waals surface area contributed by atoms with Gasteiger partial charge in [0.2, 0.25) is 0 Å². The summed E-state index contributed by atoms with van der Waals surface area (Å²) < 4.78 is 1.67. The number of hydrogen-bond donors (Lipinski definition) is 2. The number of halogens is 1. The first-order valence-electron chi connectivity index (χ1n) is 6.49.